The van der Waals surface area contributed by atoms with Crippen LogP contribution in [0.2, 0.25) is 0 Å². The van der Waals surface area contributed by atoms with Crippen molar-refractivity contribution in [2.24, 2.45) is 0 Å². The number of halogens is 3. The second-order valence-corrected chi connectivity index (χ2v) is 9.29. The summed E-state index contributed by atoms with van der Waals surface area (Å²) in [5.41, 5.74) is 1.61. The highest BCUT2D eigenvalue weighted by Gasteiger charge is 2.30. The molecule has 3 aromatic carbocycles. The molecule has 1 heterocycles. The number of rotatable bonds is 11. The van der Waals surface area contributed by atoms with Crippen molar-refractivity contribution in [3.63, 3.8) is 0 Å². The second-order valence-electron chi connectivity index (χ2n) is 9.29. The van der Waals surface area contributed by atoms with Crippen molar-refractivity contribution >= 4 is 5.91 Å². The van der Waals surface area contributed by atoms with Gasteiger partial charge in [0, 0.05) is 32.2 Å². The number of methoxy groups -OCH3 is 2. The number of nitrogens with zero attached hydrogens (tertiary/aromatic N) is 3. The highest BCUT2D eigenvalue weighted by atomic mass is 19.4. The fourth-order valence-electron chi connectivity index (χ4n) is 4.32. The lowest BCUT2D eigenvalue weighted by atomic mass is 10.1. The predicted octanol–water partition coefficient (Wildman–Crippen LogP) is 6.19. The van der Waals surface area contributed by atoms with E-state index in [-0.39, 0.29) is 37.1 Å². The van der Waals surface area contributed by atoms with Crippen molar-refractivity contribution < 1.29 is 31.9 Å². The van der Waals surface area contributed by atoms with Gasteiger partial charge in [-0.05, 0) is 35.4 Å². The van der Waals surface area contributed by atoms with E-state index in [1.54, 1.807) is 50.4 Å². The Labute approximate surface area is 230 Å². The topological polar surface area (TPSA) is 68.0 Å². The van der Waals surface area contributed by atoms with Crippen LogP contribution >= 0.6 is 0 Å². The van der Waals surface area contributed by atoms with Crippen LogP contribution in [-0.2, 0) is 32.4 Å². The smallest absolute Gasteiger partial charge is 0.416 e. The van der Waals surface area contributed by atoms with E-state index >= 15 is 0 Å². The lowest BCUT2D eigenvalue weighted by molar-refractivity contribution is -0.137. The molecule has 0 aliphatic carbocycles. The van der Waals surface area contributed by atoms with Crippen molar-refractivity contribution in [1.29, 1.82) is 0 Å². The average molecular weight is 554 g/mol. The van der Waals surface area contributed by atoms with Crippen molar-refractivity contribution in [3.05, 3.63) is 113 Å². The number of hydrogen-bond acceptors (Lipinski definition) is 6. The predicted molar refractivity (Wildman–Crippen MR) is 143 cm³/mol. The molecule has 0 aliphatic rings. The fraction of sp³-hybridized carbons (Fsp3) is 0.267. The van der Waals surface area contributed by atoms with Gasteiger partial charge in [0.2, 0.25) is 5.89 Å². The van der Waals surface area contributed by atoms with Crippen LogP contribution in [0.5, 0.6) is 11.5 Å². The Hall–Kier alpha value is -4.31. The Morgan fingerprint density at radius 3 is 2.33 bits per heavy atom. The number of ether oxygens (including phenoxy) is 2. The van der Waals surface area contributed by atoms with Gasteiger partial charge >= 0.3 is 6.18 Å². The number of carbonyl (C=O) groups excluding carboxylic acids is 1. The number of oxazole rings is 1. The van der Waals surface area contributed by atoms with E-state index in [1.165, 1.54) is 12.3 Å². The molecule has 0 unspecified atom stereocenters. The Kier molecular flexibility index (Phi) is 9.11. The number of amides is 1. The van der Waals surface area contributed by atoms with Gasteiger partial charge in [0.05, 0.1) is 26.3 Å². The normalized spacial score (nSPS) is 11.5. The van der Waals surface area contributed by atoms with Gasteiger partial charge in [-0.3, -0.25) is 9.69 Å². The van der Waals surface area contributed by atoms with Crippen molar-refractivity contribution in [2.75, 3.05) is 21.3 Å². The Bertz CT molecular complexity index is 1420. The molecule has 0 saturated heterocycles. The zero-order valence-electron chi connectivity index (χ0n) is 22.4. The number of hydrogen-bond donors (Lipinski definition) is 0. The zero-order valence-corrected chi connectivity index (χ0v) is 22.4. The first kappa shape index (κ1) is 28.7. The number of aromatic nitrogens is 1. The molecule has 40 heavy (non-hydrogen) atoms. The lowest BCUT2D eigenvalue weighted by Crippen LogP contribution is -2.27. The summed E-state index contributed by atoms with van der Waals surface area (Å²) < 4.78 is 56.6. The monoisotopic (exact) mass is 553 g/mol. The summed E-state index contributed by atoms with van der Waals surface area (Å²) in [6, 6.07) is 20.1. The van der Waals surface area contributed by atoms with E-state index in [2.05, 4.69) is 4.98 Å². The van der Waals surface area contributed by atoms with E-state index in [9.17, 15) is 18.0 Å². The standard InChI is InChI=1S/C30H30F3N3O4/c1-35(16-21-8-5-4-6-9-21)29(37)26-20-40-28(34-26)19-36(17-22-10-7-11-24(14-22)30(31,32)33)18-23-15-25(38-2)12-13-27(23)39-3/h4-15,20H,16-19H2,1-3H3. The molecule has 0 fully saturated rings. The summed E-state index contributed by atoms with van der Waals surface area (Å²) in [5.74, 6) is 1.16. The Morgan fingerprint density at radius 1 is 0.875 bits per heavy atom. The summed E-state index contributed by atoms with van der Waals surface area (Å²) in [6.45, 7) is 0.978. The summed E-state index contributed by atoms with van der Waals surface area (Å²) in [4.78, 5) is 20.8. The van der Waals surface area contributed by atoms with Crippen molar-refractivity contribution in [2.45, 2.75) is 32.4 Å². The highest BCUT2D eigenvalue weighted by molar-refractivity contribution is 5.91. The molecule has 0 N–H and O–H groups in total. The van der Waals surface area contributed by atoms with E-state index in [0.29, 0.717) is 23.6 Å². The van der Waals surface area contributed by atoms with Crippen LogP contribution in [0.15, 0.2) is 83.5 Å². The molecule has 1 aromatic heterocycles. The second kappa shape index (κ2) is 12.7. The quantitative estimate of drug-likeness (QED) is 0.221. The van der Waals surface area contributed by atoms with E-state index in [4.69, 9.17) is 13.9 Å². The summed E-state index contributed by atoms with van der Waals surface area (Å²) in [7, 11) is 4.77. The molecule has 10 heteroatoms. The summed E-state index contributed by atoms with van der Waals surface area (Å²) in [6.07, 6.45) is -3.16. The molecule has 0 bridgehead atoms. The Balaban J connectivity index is 1.56. The minimum atomic E-state index is -4.46. The fourth-order valence-corrected chi connectivity index (χ4v) is 4.32. The van der Waals surface area contributed by atoms with Crippen LogP contribution in [0.1, 0.15) is 38.6 Å². The molecule has 210 valence electrons. The van der Waals surface area contributed by atoms with Gasteiger partial charge in [0.25, 0.3) is 5.91 Å². The molecule has 7 nitrogen and oxygen atoms in total. The Morgan fingerprint density at radius 2 is 1.62 bits per heavy atom. The minimum absolute atomic E-state index is 0.131. The van der Waals surface area contributed by atoms with Crippen LogP contribution in [0.3, 0.4) is 0 Å². The molecule has 0 spiro atoms. The molecule has 1 amide bonds. The zero-order chi connectivity index (χ0) is 28.7. The van der Waals surface area contributed by atoms with E-state index < -0.39 is 11.7 Å². The van der Waals surface area contributed by atoms with Crippen LogP contribution < -0.4 is 9.47 Å². The first-order valence-electron chi connectivity index (χ1n) is 12.5. The first-order valence-corrected chi connectivity index (χ1v) is 12.5. The molecule has 4 rings (SSSR count). The summed E-state index contributed by atoms with van der Waals surface area (Å²) in [5, 5.41) is 0. The van der Waals surface area contributed by atoms with Gasteiger partial charge in [-0.2, -0.15) is 13.2 Å². The third-order valence-electron chi connectivity index (χ3n) is 6.28. The molecular formula is C30H30F3N3O4. The molecule has 4 aromatic rings. The molecule has 0 aliphatic heterocycles. The molecule has 0 atom stereocenters. The van der Waals surface area contributed by atoms with Gasteiger partial charge in [0.1, 0.15) is 17.8 Å². The van der Waals surface area contributed by atoms with Crippen molar-refractivity contribution in [1.82, 2.24) is 14.8 Å². The van der Waals surface area contributed by atoms with Gasteiger partial charge in [-0.25, -0.2) is 4.98 Å². The van der Waals surface area contributed by atoms with Gasteiger partial charge in [-0.1, -0.05) is 48.5 Å². The van der Waals surface area contributed by atoms with Crippen LogP contribution in [0.4, 0.5) is 13.2 Å². The average Bonchev–Trinajstić information content (AvgIpc) is 3.41. The third-order valence-corrected chi connectivity index (χ3v) is 6.28. The van der Waals surface area contributed by atoms with Crippen LogP contribution in [0.25, 0.3) is 0 Å². The number of benzene rings is 3. The first-order chi connectivity index (χ1) is 19.2. The molecular weight excluding hydrogens is 523 g/mol. The maximum atomic E-state index is 13.4. The highest BCUT2D eigenvalue weighted by Crippen LogP contribution is 2.31. The minimum Gasteiger partial charge on any atom is -0.497 e. The largest absolute Gasteiger partial charge is 0.497 e. The van der Waals surface area contributed by atoms with Gasteiger partial charge in [-0.15, -0.1) is 0 Å². The molecule has 0 radical (unpaired) electrons. The SMILES string of the molecule is COc1ccc(OC)c(CN(Cc2cccc(C(F)(F)F)c2)Cc2nc(C(=O)N(C)Cc3ccccc3)co2)c1. The number of carbonyl (C=O) groups is 1. The summed E-state index contributed by atoms with van der Waals surface area (Å²) >= 11 is 0. The maximum absolute atomic E-state index is 13.4. The number of alkyl halides is 3. The van der Waals surface area contributed by atoms with Gasteiger partial charge in [0.15, 0.2) is 5.69 Å². The van der Waals surface area contributed by atoms with Crippen LogP contribution in [-0.4, -0.2) is 42.0 Å². The van der Waals surface area contributed by atoms with Gasteiger partial charge < -0.3 is 18.8 Å². The maximum Gasteiger partial charge on any atom is 0.416 e. The van der Waals surface area contributed by atoms with Crippen molar-refractivity contribution in [3.8, 4) is 11.5 Å². The molecule has 0 saturated carbocycles. The van der Waals surface area contributed by atoms with E-state index in [1.807, 2.05) is 35.2 Å². The van der Waals surface area contributed by atoms with E-state index in [0.717, 1.165) is 23.3 Å². The third kappa shape index (κ3) is 7.41. The lowest BCUT2D eigenvalue weighted by Gasteiger charge is -2.23. The van der Waals surface area contributed by atoms with Crippen LogP contribution in [0, 0.1) is 0 Å².